The van der Waals surface area contributed by atoms with Crippen LogP contribution in [0.3, 0.4) is 0 Å². The summed E-state index contributed by atoms with van der Waals surface area (Å²) in [4.78, 5) is 23.0. The Hall–Kier alpha value is -2.31. The van der Waals surface area contributed by atoms with E-state index in [1.165, 1.54) is 12.1 Å². The van der Waals surface area contributed by atoms with E-state index in [9.17, 15) is 14.9 Å². The molecule has 0 saturated heterocycles. The fourth-order valence-electron chi connectivity index (χ4n) is 2.87. The predicted octanol–water partition coefficient (Wildman–Crippen LogP) is 2.88. The Kier molecular flexibility index (Phi) is 4.13. The minimum absolute atomic E-state index is 0.0596. The molecule has 0 spiro atoms. The summed E-state index contributed by atoms with van der Waals surface area (Å²) in [6.45, 7) is 0.943. The third-order valence-corrected chi connectivity index (χ3v) is 4.05. The molecule has 0 atom stereocenters. The Morgan fingerprint density at radius 3 is 2.41 bits per heavy atom. The third kappa shape index (κ3) is 2.98. The van der Waals surface area contributed by atoms with Crippen LogP contribution in [0.5, 0.6) is 11.5 Å². The molecule has 3 rings (SSSR count). The molecule has 1 amide bonds. The summed E-state index contributed by atoms with van der Waals surface area (Å²) in [6, 6.07) is 2.82. The molecule has 7 heteroatoms. The van der Waals surface area contributed by atoms with Gasteiger partial charge in [-0.3, -0.25) is 14.9 Å². The van der Waals surface area contributed by atoms with Crippen molar-refractivity contribution in [2.24, 2.45) is 5.92 Å². The lowest BCUT2D eigenvalue weighted by Crippen LogP contribution is -2.21. The van der Waals surface area contributed by atoms with Crippen LogP contribution in [0.15, 0.2) is 12.1 Å². The van der Waals surface area contributed by atoms with Crippen LogP contribution in [0, 0.1) is 16.0 Å². The first-order chi connectivity index (χ1) is 10.6. The highest BCUT2D eigenvalue weighted by Crippen LogP contribution is 2.39. The normalized spacial score (nSPS) is 17.8. The number of carbonyl (C=O) groups excluding carboxylic acids is 1. The lowest BCUT2D eigenvalue weighted by Gasteiger charge is -2.13. The van der Waals surface area contributed by atoms with Crippen LogP contribution in [-0.4, -0.2) is 24.0 Å². The lowest BCUT2D eigenvalue weighted by atomic mass is 10.1. The van der Waals surface area contributed by atoms with Crippen molar-refractivity contribution in [3.05, 3.63) is 22.2 Å². The molecule has 1 aromatic carbocycles. The summed E-state index contributed by atoms with van der Waals surface area (Å²) in [6.07, 6.45) is 4.45. The van der Waals surface area contributed by atoms with Crippen LogP contribution in [-0.2, 0) is 4.79 Å². The molecule has 0 unspecified atom stereocenters. The van der Waals surface area contributed by atoms with Crippen LogP contribution in [0.4, 0.5) is 11.4 Å². The minimum Gasteiger partial charge on any atom is -0.489 e. The first kappa shape index (κ1) is 14.6. The second-order valence-electron chi connectivity index (χ2n) is 5.59. The van der Waals surface area contributed by atoms with E-state index in [1.807, 2.05) is 0 Å². The number of ether oxygens (including phenoxy) is 2. The monoisotopic (exact) mass is 306 g/mol. The van der Waals surface area contributed by atoms with Crippen molar-refractivity contribution in [2.45, 2.75) is 32.1 Å². The molecule has 1 N–H and O–H groups in total. The van der Waals surface area contributed by atoms with Gasteiger partial charge in [0.15, 0.2) is 11.5 Å². The van der Waals surface area contributed by atoms with Gasteiger partial charge in [-0.05, 0) is 12.8 Å². The maximum absolute atomic E-state index is 12.2. The summed E-state index contributed by atoms with van der Waals surface area (Å²) < 4.78 is 11.0. The standard InChI is InChI=1S/C15H18N2O5/c18-15(10-4-1-2-5-10)16-11-8-13-14(9-12(11)17(19)20)22-7-3-6-21-13/h8-10H,1-7H2,(H,16,18). The number of nitro benzene ring substituents is 1. The highest BCUT2D eigenvalue weighted by atomic mass is 16.6. The Morgan fingerprint density at radius 1 is 1.14 bits per heavy atom. The largest absolute Gasteiger partial charge is 0.489 e. The molecule has 1 aliphatic carbocycles. The maximum atomic E-state index is 12.2. The van der Waals surface area contributed by atoms with Crippen LogP contribution in [0.25, 0.3) is 0 Å². The van der Waals surface area contributed by atoms with Gasteiger partial charge < -0.3 is 14.8 Å². The molecule has 0 bridgehead atoms. The number of nitrogens with one attached hydrogen (secondary N) is 1. The van der Waals surface area contributed by atoms with Gasteiger partial charge in [-0.15, -0.1) is 0 Å². The van der Waals surface area contributed by atoms with Gasteiger partial charge in [-0.1, -0.05) is 12.8 Å². The molecule has 0 radical (unpaired) electrons. The molecule has 7 nitrogen and oxygen atoms in total. The van der Waals surface area contributed by atoms with E-state index in [-0.39, 0.29) is 23.2 Å². The van der Waals surface area contributed by atoms with Crippen LogP contribution in [0.2, 0.25) is 0 Å². The molecule has 0 aromatic heterocycles. The van der Waals surface area contributed by atoms with Crippen molar-refractivity contribution >= 4 is 17.3 Å². The van der Waals surface area contributed by atoms with E-state index in [4.69, 9.17) is 9.47 Å². The van der Waals surface area contributed by atoms with Crippen LogP contribution in [0.1, 0.15) is 32.1 Å². The number of benzene rings is 1. The van der Waals surface area contributed by atoms with Gasteiger partial charge in [0.05, 0.1) is 24.2 Å². The maximum Gasteiger partial charge on any atom is 0.296 e. The second kappa shape index (κ2) is 6.21. The Bertz CT molecular complexity index is 596. The zero-order valence-electron chi connectivity index (χ0n) is 12.2. The van der Waals surface area contributed by atoms with Crippen LogP contribution >= 0.6 is 0 Å². The van der Waals surface area contributed by atoms with Crippen molar-refractivity contribution in [3.63, 3.8) is 0 Å². The zero-order valence-corrected chi connectivity index (χ0v) is 12.2. The van der Waals surface area contributed by atoms with E-state index >= 15 is 0 Å². The van der Waals surface area contributed by atoms with E-state index in [1.54, 1.807) is 0 Å². The van der Waals surface area contributed by atoms with E-state index in [0.29, 0.717) is 31.1 Å². The average Bonchev–Trinajstić information content (AvgIpc) is 2.93. The lowest BCUT2D eigenvalue weighted by molar-refractivity contribution is -0.384. The second-order valence-corrected chi connectivity index (χ2v) is 5.59. The summed E-state index contributed by atoms with van der Waals surface area (Å²) in [7, 11) is 0. The number of rotatable bonds is 3. The van der Waals surface area contributed by atoms with Crippen molar-refractivity contribution in [1.82, 2.24) is 0 Å². The minimum atomic E-state index is -0.515. The zero-order chi connectivity index (χ0) is 15.5. The van der Waals surface area contributed by atoms with Crippen molar-refractivity contribution < 1.29 is 19.2 Å². The molecular weight excluding hydrogens is 288 g/mol. The first-order valence-electron chi connectivity index (χ1n) is 7.54. The number of nitrogens with zero attached hydrogens (tertiary/aromatic N) is 1. The van der Waals surface area contributed by atoms with Gasteiger partial charge in [0.2, 0.25) is 5.91 Å². The Morgan fingerprint density at radius 2 is 1.77 bits per heavy atom. The molecule has 2 aliphatic rings. The SMILES string of the molecule is O=C(Nc1cc2c(cc1[N+](=O)[O-])OCCCO2)C1CCCC1. The van der Waals surface area contributed by atoms with Crippen molar-refractivity contribution in [1.29, 1.82) is 0 Å². The highest BCUT2D eigenvalue weighted by Gasteiger charge is 2.27. The highest BCUT2D eigenvalue weighted by molar-refractivity contribution is 5.95. The average molecular weight is 306 g/mol. The van der Waals surface area contributed by atoms with Crippen LogP contribution < -0.4 is 14.8 Å². The quantitative estimate of drug-likeness (QED) is 0.685. The fourth-order valence-corrected chi connectivity index (χ4v) is 2.87. The van der Waals surface area contributed by atoms with Gasteiger partial charge in [0.25, 0.3) is 5.69 Å². The number of fused-ring (bicyclic) bond motifs is 1. The van der Waals surface area contributed by atoms with E-state index in [0.717, 1.165) is 25.7 Å². The summed E-state index contributed by atoms with van der Waals surface area (Å²) in [5.74, 6) is 0.568. The van der Waals surface area contributed by atoms with Gasteiger partial charge in [0.1, 0.15) is 5.69 Å². The molecule has 1 saturated carbocycles. The van der Waals surface area contributed by atoms with E-state index < -0.39 is 4.92 Å². The molecule has 1 fully saturated rings. The summed E-state index contributed by atoms with van der Waals surface area (Å²) >= 11 is 0. The number of anilines is 1. The smallest absolute Gasteiger partial charge is 0.296 e. The summed E-state index contributed by atoms with van der Waals surface area (Å²) in [5.41, 5.74) is 0.00162. The molecule has 1 aromatic rings. The number of carbonyl (C=O) groups is 1. The van der Waals surface area contributed by atoms with Gasteiger partial charge >= 0.3 is 0 Å². The third-order valence-electron chi connectivity index (χ3n) is 4.05. The van der Waals surface area contributed by atoms with Gasteiger partial charge in [-0.2, -0.15) is 0 Å². The molecule has 1 aliphatic heterocycles. The van der Waals surface area contributed by atoms with Crippen molar-refractivity contribution in [3.8, 4) is 11.5 Å². The molecule has 22 heavy (non-hydrogen) atoms. The number of hydrogen-bond acceptors (Lipinski definition) is 5. The molecular formula is C15H18N2O5. The molecule has 118 valence electrons. The van der Waals surface area contributed by atoms with Gasteiger partial charge in [0, 0.05) is 18.4 Å². The van der Waals surface area contributed by atoms with Gasteiger partial charge in [-0.25, -0.2) is 0 Å². The van der Waals surface area contributed by atoms with Crippen molar-refractivity contribution in [2.75, 3.05) is 18.5 Å². The Balaban J connectivity index is 1.89. The fraction of sp³-hybridized carbons (Fsp3) is 0.533. The number of nitro groups is 1. The number of hydrogen-bond donors (Lipinski definition) is 1. The summed E-state index contributed by atoms with van der Waals surface area (Å²) in [5, 5.41) is 13.9. The molecule has 1 heterocycles. The Labute approximate surface area is 127 Å². The van der Waals surface area contributed by atoms with E-state index in [2.05, 4.69) is 5.32 Å². The number of amides is 1. The topological polar surface area (TPSA) is 90.7 Å². The predicted molar refractivity (Wildman–Crippen MR) is 79.3 cm³/mol. The first-order valence-corrected chi connectivity index (χ1v) is 7.54.